The highest BCUT2D eigenvalue weighted by molar-refractivity contribution is 9.11. The predicted molar refractivity (Wildman–Crippen MR) is 53.9 cm³/mol. The second-order valence-corrected chi connectivity index (χ2v) is 3.91. The molecule has 0 N–H and O–H groups in total. The van der Waals surface area contributed by atoms with E-state index in [1.165, 1.54) is 22.9 Å². The Morgan fingerprint density at radius 1 is 1.25 bits per heavy atom. The quantitative estimate of drug-likeness (QED) is 0.712. The van der Waals surface area contributed by atoms with Crippen molar-refractivity contribution in [3.05, 3.63) is 34.6 Å². The topological polar surface area (TPSA) is 12.9 Å². The molecule has 0 amide bonds. The molecule has 62 valence electrons. The third-order valence-electron chi connectivity index (χ3n) is 2.12. The lowest BCUT2D eigenvalue weighted by molar-refractivity contribution is 0.929. The van der Waals surface area contributed by atoms with Crippen molar-refractivity contribution < 1.29 is 0 Å². The van der Waals surface area contributed by atoms with E-state index in [-0.39, 0.29) is 0 Å². The van der Waals surface area contributed by atoms with E-state index in [9.17, 15) is 0 Å². The molecule has 1 aliphatic carbocycles. The molecular formula is C10H10BrN. The largest absolute Gasteiger partial charge is 0.257 e. The lowest BCUT2D eigenvalue weighted by Crippen LogP contribution is -1.85. The standard InChI is InChI=1S/C10H10BrN/c11-9-5-3-4-8(9)10-6-1-2-7-12-10/h1-2,6-7H,3-5H2. The average Bonchev–Trinajstić information content (AvgIpc) is 2.53. The van der Waals surface area contributed by atoms with Gasteiger partial charge in [0.15, 0.2) is 0 Å². The van der Waals surface area contributed by atoms with Crippen molar-refractivity contribution in [1.82, 2.24) is 4.98 Å². The van der Waals surface area contributed by atoms with Crippen LogP contribution in [0.5, 0.6) is 0 Å². The Balaban J connectivity index is 2.37. The molecule has 0 saturated heterocycles. The first kappa shape index (κ1) is 7.99. The maximum absolute atomic E-state index is 4.32. The molecule has 0 atom stereocenters. The molecule has 1 heterocycles. The molecule has 0 radical (unpaired) electrons. The Labute approximate surface area is 80.6 Å². The van der Waals surface area contributed by atoms with Crippen molar-refractivity contribution in [2.45, 2.75) is 19.3 Å². The van der Waals surface area contributed by atoms with E-state index in [4.69, 9.17) is 0 Å². The maximum atomic E-state index is 4.32. The number of hydrogen-bond acceptors (Lipinski definition) is 1. The maximum Gasteiger partial charge on any atom is 0.0669 e. The normalized spacial score (nSPS) is 17.1. The number of pyridine rings is 1. The van der Waals surface area contributed by atoms with E-state index >= 15 is 0 Å². The fourth-order valence-corrected chi connectivity index (χ4v) is 2.20. The van der Waals surface area contributed by atoms with Gasteiger partial charge in [-0.25, -0.2) is 0 Å². The summed E-state index contributed by atoms with van der Waals surface area (Å²) in [5.74, 6) is 0. The zero-order valence-corrected chi connectivity index (χ0v) is 8.34. The highest BCUT2D eigenvalue weighted by Crippen LogP contribution is 2.35. The minimum atomic E-state index is 1.13. The number of nitrogens with zero attached hydrogens (tertiary/aromatic N) is 1. The second-order valence-electron chi connectivity index (χ2n) is 2.95. The minimum Gasteiger partial charge on any atom is -0.257 e. The van der Waals surface area contributed by atoms with Crippen LogP contribution in [0.1, 0.15) is 25.0 Å². The third-order valence-corrected chi connectivity index (χ3v) is 3.00. The Kier molecular flexibility index (Phi) is 2.26. The van der Waals surface area contributed by atoms with Crippen molar-refractivity contribution in [3.63, 3.8) is 0 Å². The van der Waals surface area contributed by atoms with Gasteiger partial charge in [0.05, 0.1) is 5.69 Å². The molecule has 0 fully saturated rings. The Morgan fingerprint density at radius 3 is 2.75 bits per heavy atom. The van der Waals surface area contributed by atoms with E-state index in [2.05, 4.69) is 27.0 Å². The lowest BCUT2D eigenvalue weighted by Gasteiger charge is -2.00. The van der Waals surface area contributed by atoms with Crippen molar-refractivity contribution in [2.75, 3.05) is 0 Å². The summed E-state index contributed by atoms with van der Waals surface area (Å²) in [5, 5.41) is 0. The molecule has 0 spiro atoms. The average molecular weight is 224 g/mol. The second kappa shape index (κ2) is 3.40. The molecule has 0 aliphatic heterocycles. The molecule has 0 unspecified atom stereocenters. The van der Waals surface area contributed by atoms with Gasteiger partial charge in [0.2, 0.25) is 0 Å². The van der Waals surface area contributed by atoms with Crippen LogP contribution >= 0.6 is 15.9 Å². The van der Waals surface area contributed by atoms with Gasteiger partial charge < -0.3 is 0 Å². The van der Waals surface area contributed by atoms with Crippen molar-refractivity contribution >= 4 is 21.5 Å². The van der Waals surface area contributed by atoms with Crippen molar-refractivity contribution in [1.29, 1.82) is 0 Å². The van der Waals surface area contributed by atoms with Gasteiger partial charge in [0, 0.05) is 10.7 Å². The monoisotopic (exact) mass is 223 g/mol. The van der Waals surface area contributed by atoms with Gasteiger partial charge in [-0.1, -0.05) is 22.0 Å². The molecule has 0 bridgehead atoms. The van der Waals surface area contributed by atoms with Gasteiger partial charge in [0.1, 0.15) is 0 Å². The van der Waals surface area contributed by atoms with E-state index in [0.717, 1.165) is 12.1 Å². The van der Waals surface area contributed by atoms with Gasteiger partial charge in [-0.2, -0.15) is 0 Å². The van der Waals surface area contributed by atoms with Gasteiger partial charge in [-0.3, -0.25) is 4.98 Å². The molecule has 2 heteroatoms. The van der Waals surface area contributed by atoms with Gasteiger partial charge in [-0.15, -0.1) is 0 Å². The van der Waals surface area contributed by atoms with Gasteiger partial charge in [0.25, 0.3) is 0 Å². The van der Waals surface area contributed by atoms with Gasteiger partial charge in [-0.05, 0) is 37.0 Å². The summed E-state index contributed by atoms with van der Waals surface area (Å²) in [6.45, 7) is 0. The zero-order chi connectivity index (χ0) is 8.39. The summed E-state index contributed by atoms with van der Waals surface area (Å²) >= 11 is 3.58. The number of rotatable bonds is 1. The van der Waals surface area contributed by atoms with Crippen LogP contribution in [0.4, 0.5) is 0 Å². The zero-order valence-electron chi connectivity index (χ0n) is 6.76. The fraction of sp³-hybridized carbons (Fsp3) is 0.300. The van der Waals surface area contributed by atoms with Gasteiger partial charge >= 0.3 is 0 Å². The summed E-state index contributed by atoms with van der Waals surface area (Å²) < 4.78 is 1.33. The summed E-state index contributed by atoms with van der Waals surface area (Å²) in [6.07, 6.45) is 5.44. The highest BCUT2D eigenvalue weighted by Gasteiger charge is 2.13. The van der Waals surface area contributed by atoms with E-state index in [1.54, 1.807) is 0 Å². The number of halogens is 1. The third kappa shape index (κ3) is 1.44. The van der Waals surface area contributed by atoms with Crippen LogP contribution in [0, 0.1) is 0 Å². The summed E-state index contributed by atoms with van der Waals surface area (Å²) in [5.41, 5.74) is 2.51. The molecule has 2 rings (SSSR count). The van der Waals surface area contributed by atoms with E-state index in [0.29, 0.717) is 0 Å². The van der Waals surface area contributed by atoms with E-state index in [1.807, 2.05) is 18.3 Å². The van der Waals surface area contributed by atoms with Crippen molar-refractivity contribution in [2.24, 2.45) is 0 Å². The molecule has 0 saturated carbocycles. The highest BCUT2D eigenvalue weighted by atomic mass is 79.9. The Bertz CT molecular complexity index is 303. The molecule has 1 aliphatic rings. The summed E-state index contributed by atoms with van der Waals surface area (Å²) in [6, 6.07) is 6.06. The molecule has 1 aromatic heterocycles. The molecular weight excluding hydrogens is 214 g/mol. The van der Waals surface area contributed by atoms with Crippen LogP contribution in [0.25, 0.3) is 5.57 Å². The first-order valence-electron chi connectivity index (χ1n) is 4.17. The van der Waals surface area contributed by atoms with Crippen LogP contribution in [-0.2, 0) is 0 Å². The summed E-state index contributed by atoms with van der Waals surface area (Å²) in [4.78, 5) is 4.32. The number of hydrogen-bond donors (Lipinski definition) is 0. The van der Waals surface area contributed by atoms with Crippen LogP contribution < -0.4 is 0 Å². The van der Waals surface area contributed by atoms with Crippen LogP contribution in [-0.4, -0.2) is 4.98 Å². The molecule has 0 aromatic carbocycles. The minimum absolute atomic E-state index is 1.13. The van der Waals surface area contributed by atoms with E-state index < -0.39 is 0 Å². The molecule has 12 heavy (non-hydrogen) atoms. The summed E-state index contributed by atoms with van der Waals surface area (Å²) in [7, 11) is 0. The van der Waals surface area contributed by atoms with Crippen LogP contribution in [0.3, 0.4) is 0 Å². The first-order valence-corrected chi connectivity index (χ1v) is 4.96. The van der Waals surface area contributed by atoms with Crippen LogP contribution in [0.2, 0.25) is 0 Å². The van der Waals surface area contributed by atoms with Crippen molar-refractivity contribution in [3.8, 4) is 0 Å². The SMILES string of the molecule is BrC1=C(c2ccccn2)CCC1. The predicted octanol–water partition coefficient (Wildman–Crippen LogP) is 3.37. The molecule has 1 nitrogen and oxygen atoms in total. The first-order chi connectivity index (χ1) is 5.88. The van der Waals surface area contributed by atoms with Crippen LogP contribution in [0.15, 0.2) is 28.9 Å². The lowest BCUT2D eigenvalue weighted by atomic mass is 10.1. The molecule has 1 aromatic rings. The smallest absolute Gasteiger partial charge is 0.0669 e. The Morgan fingerprint density at radius 2 is 2.17 bits per heavy atom. The fourth-order valence-electron chi connectivity index (χ4n) is 1.52. The number of aromatic nitrogens is 1. The Hall–Kier alpha value is -0.630. The number of allylic oxidation sites excluding steroid dienone is 2.